The Kier molecular flexibility index (Phi) is 1.71. The Morgan fingerprint density at radius 1 is 1.07 bits per heavy atom. The molecule has 3 aromatic heterocycles. The second-order valence-electron chi connectivity index (χ2n) is 3.23. The predicted molar refractivity (Wildman–Crippen MR) is 57.1 cm³/mol. The molecule has 0 amide bonds. The molecule has 0 fully saturated rings. The summed E-state index contributed by atoms with van der Waals surface area (Å²) >= 11 is 0. The van der Waals surface area contributed by atoms with E-state index in [4.69, 9.17) is 0 Å². The Bertz CT molecular complexity index is 586. The molecule has 0 saturated heterocycles. The summed E-state index contributed by atoms with van der Waals surface area (Å²) < 4.78 is 0. The average molecular weight is 196 g/mol. The molecule has 4 nitrogen and oxygen atoms in total. The van der Waals surface area contributed by atoms with Crippen molar-refractivity contribution < 1.29 is 0 Å². The lowest BCUT2D eigenvalue weighted by Crippen LogP contribution is -1.83. The van der Waals surface area contributed by atoms with Gasteiger partial charge in [-0.25, -0.2) is 4.98 Å². The standard InChI is InChI=1S/C11H8N4/c1-2-8(4-12-3-1)9-5-13-6-10-11(9)15-7-14-10/h1-7H,(H,14,15). The van der Waals surface area contributed by atoms with E-state index in [0.717, 1.165) is 22.2 Å². The third-order valence-electron chi connectivity index (χ3n) is 2.30. The second-order valence-corrected chi connectivity index (χ2v) is 3.23. The van der Waals surface area contributed by atoms with Crippen molar-refractivity contribution in [2.75, 3.05) is 0 Å². The van der Waals surface area contributed by atoms with E-state index in [1.807, 2.05) is 18.3 Å². The number of hydrogen-bond donors (Lipinski definition) is 1. The summed E-state index contributed by atoms with van der Waals surface area (Å²) in [6, 6.07) is 3.90. The Labute approximate surface area is 86.0 Å². The van der Waals surface area contributed by atoms with E-state index in [-0.39, 0.29) is 0 Å². The zero-order valence-electron chi connectivity index (χ0n) is 7.88. The number of imidazole rings is 1. The number of fused-ring (bicyclic) bond motifs is 1. The van der Waals surface area contributed by atoms with E-state index in [1.54, 1.807) is 24.9 Å². The smallest absolute Gasteiger partial charge is 0.0992 e. The van der Waals surface area contributed by atoms with Crippen LogP contribution in [0.15, 0.2) is 43.2 Å². The minimum absolute atomic E-state index is 0.929. The van der Waals surface area contributed by atoms with E-state index in [9.17, 15) is 0 Å². The normalized spacial score (nSPS) is 10.7. The largest absolute Gasteiger partial charge is 0.343 e. The minimum atomic E-state index is 0.929. The molecule has 4 heteroatoms. The Morgan fingerprint density at radius 3 is 2.93 bits per heavy atom. The molecule has 0 radical (unpaired) electrons. The van der Waals surface area contributed by atoms with Gasteiger partial charge in [-0.05, 0) is 6.07 Å². The summed E-state index contributed by atoms with van der Waals surface area (Å²) in [6.45, 7) is 0. The molecule has 3 aromatic rings. The summed E-state index contributed by atoms with van der Waals surface area (Å²) in [5.74, 6) is 0. The highest BCUT2D eigenvalue weighted by molar-refractivity contribution is 5.90. The van der Waals surface area contributed by atoms with Crippen molar-refractivity contribution in [1.29, 1.82) is 0 Å². The highest BCUT2D eigenvalue weighted by Gasteiger charge is 2.05. The van der Waals surface area contributed by atoms with Crippen LogP contribution < -0.4 is 0 Å². The van der Waals surface area contributed by atoms with Crippen LogP contribution in [0.5, 0.6) is 0 Å². The molecular weight excluding hydrogens is 188 g/mol. The first-order valence-electron chi connectivity index (χ1n) is 4.62. The van der Waals surface area contributed by atoms with E-state index in [1.165, 1.54) is 0 Å². The molecule has 0 aliphatic heterocycles. The van der Waals surface area contributed by atoms with Gasteiger partial charge in [0.25, 0.3) is 0 Å². The molecule has 0 aromatic carbocycles. The lowest BCUT2D eigenvalue weighted by molar-refractivity contribution is 1.31. The highest BCUT2D eigenvalue weighted by Crippen LogP contribution is 2.23. The maximum absolute atomic E-state index is 4.27. The molecule has 0 aliphatic rings. The van der Waals surface area contributed by atoms with Crippen LogP contribution in [0.25, 0.3) is 22.2 Å². The lowest BCUT2D eigenvalue weighted by Gasteiger charge is -2.00. The zero-order chi connectivity index (χ0) is 10.1. The van der Waals surface area contributed by atoms with Gasteiger partial charge in [0, 0.05) is 29.7 Å². The molecular formula is C11H8N4. The minimum Gasteiger partial charge on any atom is -0.343 e. The van der Waals surface area contributed by atoms with Gasteiger partial charge in [-0.3, -0.25) is 9.97 Å². The fourth-order valence-corrected chi connectivity index (χ4v) is 1.60. The summed E-state index contributed by atoms with van der Waals surface area (Å²) in [7, 11) is 0. The van der Waals surface area contributed by atoms with Crippen LogP contribution in [0.4, 0.5) is 0 Å². The molecule has 3 heterocycles. The fraction of sp³-hybridized carbons (Fsp3) is 0. The number of nitrogens with zero attached hydrogens (tertiary/aromatic N) is 3. The molecule has 0 saturated carbocycles. The fourth-order valence-electron chi connectivity index (χ4n) is 1.60. The molecule has 0 atom stereocenters. The van der Waals surface area contributed by atoms with Crippen molar-refractivity contribution in [2.45, 2.75) is 0 Å². The molecule has 0 aliphatic carbocycles. The maximum Gasteiger partial charge on any atom is 0.0992 e. The van der Waals surface area contributed by atoms with Crippen LogP contribution in [0.3, 0.4) is 0 Å². The van der Waals surface area contributed by atoms with Crippen molar-refractivity contribution in [2.24, 2.45) is 0 Å². The summed E-state index contributed by atoms with van der Waals surface area (Å²) in [5, 5.41) is 0. The van der Waals surface area contributed by atoms with Crippen LogP contribution in [-0.4, -0.2) is 19.9 Å². The van der Waals surface area contributed by atoms with Gasteiger partial charge in [-0.1, -0.05) is 6.07 Å². The van der Waals surface area contributed by atoms with Crippen molar-refractivity contribution in [3.63, 3.8) is 0 Å². The molecule has 15 heavy (non-hydrogen) atoms. The van der Waals surface area contributed by atoms with Gasteiger partial charge in [0.1, 0.15) is 0 Å². The number of aromatic nitrogens is 4. The van der Waals surface area contributed by atoms with Crippen LogP contribution in [0.2, 0.25) is 0 Å². The average Bonchev–Trinajstić information content (AvgIpc) is 2.78. The summed E-state index contributed by atoms with van der Waals surface area (Å²) in [6.07, 6.45) is 8.81. The number of hydrogen-bond acceptors (Lipinski definition) is 3. The number of aromatic amines is 1. The van der Waals surface area contributed by atoms with Crippen molar-refractivity contribution in [3.8, 4) is 11.1 Å². The molecule has 0 unspecified atom stereocenters. The van der Waals surface area contributed by atoms with E-state index < -0.39 is 0 Å². The molecule has 0 bridgehead atoms. The third kappa shape index (κ3) is 1.27. The predicted octanol–water partition coefficient (Wildman–Crippen LogP) is 2.02. The van der Waals surface area contributed by atoms with Crippen molar-refractivity contribution in [3.05, 3.63) is 43.2 Å². The SMILES string of the molecule is c1cncc(-c2cncc3[nH]cnc23)c1. The van der Waals surface area contributed by atoms with Gasteiger partial charge >= 0.3 is 0 Å². The van der Waals surface area contributed by atoms with Gasteiger partial charge < -0.3 is 4.98 Å². The highest BCUT2D eigenvalue weighted by atomic mass is 14.9. The van der Waals surface area contributed by atoms with E-state index >= 15 is 0 Å². The van der Waals surface area contributed by atoms with Crippen LogP contribution in [-0.2, 0) is 0 Å². The van der Waals surface area contributed by atoms with Crippen LogP contribution >= 0.6 is 0 Å². The summed E-state index contributed by atoms with van der Waals surface area (Å²) in [5.41, 5.74) is 3.90. The van der Waals surface area contributed by atoms with E-state index in [2.05, 4.69) is 19.9 Å². The monoisotopic (exact) mass is 196 g/mol. The Morgan fingerprint density at radius 2 is 2.07 bits per heavy atom. The van der Waals surface area contributed by atoms with Crippen LogP contribution in [0, 0.1) is 0 Å². The number of rotatable bonds is 1. The maximum atomic E-state index is 4.27. The first kappa shape index (κ1) is 8.11. The first-order valence-corrected chi connectivity index (χ1v) is 4.62. The first-order chi connectivity index (χ1) is 7.45. The molecule has 1 N–H and O–H groups in total. The molecule has 0 spiro atoms. The lowest BCUT2D eigenvalue weighted by atomic mass is 10.1. The van der Waals surface area contributed by atoms with E-state index in [0.29, 0.717) is 0 Å². The van der Waals surface area contributed by atoms with Gasteiger partial charge in [-0.2, -0.15) is 0 Å². The van der Waals surface area contributed by atoms with Gasteiger partial charge in [-0.15, -0.1) is 0 Å². The second kappa shape index (κ2) is 3.16. The number of nitrogens with one attached hydrogen (secondary N) is 1. The van der Waals surface area contributed by atoms with Gasteiger partial charge in [0.05, 0.1) is 23.6 Å². The Balaban J connectivity index is 2.31. The number of H-pyrrole nitrogens is 1. The topological polar surface area (TPSA) is 54.5 Å². The third-order valence-corrected chi connectivity index (χ3v) is 2.30. The van der Waals surface area contributed by atoms with Crippen molar-refractivity contribution in [1.82, 2.24) is 19.9 Å². The number of pyridine rings is 2. The van der Waals surface area contributed by atoms with Gasteiger partial charge in [0.2, 0.25) is 0 Å². The van der Waals surface area contributed by atoms with Crippen LogP contribution in [0.1, 0.15) is 0 Å². The zero-order valence-corrected chi connectivity index (χ0v) is 7.88. The van der Waals surface area contributed by atoms with Gasteiger partial charge in [0.15, 0.2) is 0 Å². The summed E-state index contributed by atoms with van der Waals surface area (Å²) in [4.78, 5) is 15.6. The molecule has 3 rings (SSSR count). The Hall–Kier alpha value is -2.23. The van der Waals surface area contributed by atoms with Crippen molar-refractivity contribution >= 4 is 11.0 Å². The molecule has 72 valence electrons. The quantitative estimate of drug-likeness (QED) is 0.647.